The number of nitrogens with zero attached hydrogens (tertiary/aromatic N) is 5. The van der Waals surface area contributed by atoms with Crippen molar-refractivity contribution in [2.45, 2.75) is 57.7 Å². The van der Waals surface area contributed by atoms with Gasteiger partial charge in [-0.25, -0.2) is 4.98 Å². The SMILES string of the molecule is C=CC(=O)Nc1ccc(Nc2nc(N[C@H]3CC[C@H](N(C)C)CC3)nc3c2ncn3C(C)C)cc1. The molecule has 1 saturated carbocycles. The summed E-state index contributed by atoms with van der Waals surface area (Å²) in [5.41, 5.74) is 3.06. The lowest BCUT2D eigenvalue weighted by molar-refractivity contribution is -0.111. The van der Waals surface area contributed by atoms with E-state index in [0.29, 0.717) is 29.5 Å². The van der Waals surface area contributed by atoms with Crippen molar-refractivity contribution in [2.75, 3.05) is 30.0 Å². The minimum atomic E-state index is -0.243. The van der Waals surface area contributed by atoms with Crippen LogP contribution in [-0.4, -0.2) is 56.5 Å². The third-order valence-electron chi connectivity index (χ3n) is 6.34. The molecule has 9 nitrogen and oxygen atoms in total. The van der Waals surface area contributed by atoms with Crippen LogP contribution >= 0.6 is 0 Å². The first-order chi connectivity index (χ1) is 16.3. The molecule has 180 valence electrons. The van der Waals surface area contributed by atoms with Gasteiger partial charge < -0.3 is 25.4 Å². The quantitative estimate of drug-likeness (QED) is 0.422. The Balaban J connectivity index is 1.58. The zero-order valence-corrected chi connectivity index (χ0v) is 20.4. The Bertz CT molecular complexity index is 1140. The molecule has 0 saturated heterocycles. The van der Waals surface area contributed by atoms with Crippen LogP contribution in [0.4, 0.5) is 23.1 Å². The number of carbonyl (C=O) groups is 1. The van der Waals surface area contributed by atoms with Crippen molar-refractivity contribution in [2.24, 2.45) is 0 Å². The predicted molar refractivity (Wildman–Crippen MR) is 138 cm³/mol. The summed E-state index contributed by atoms with van der Waals surface area (Å²) in [6.07, 6.45) is 7.57. The number of benzene rings is 1. The first-order valence-corrected chi connectivity index (χ1v) is 11.8. The zero-order chi connectivity index (χ0) is 24.2. The molecular weight excluding hydrogens is 428 g/mol. The van der Waals surface area contributed by atoms with Crippen molar-refractivity contribution in [1.82, 2.24) is 24.4 Å². The number of aromatic nitrogens is 4. The Labute approximate surface area is 200 Å². The predicted octanol–water partition coefficient (Wildman–Crippen LogP) is 4.56. The highest BCUT2D eigenvalue weighted by molar-refractivity contribution is 5.99. The molecule has 0 atom stereocenters. The van der Waals surface area contributed by atoms with E-state index in [4.69, 9.17) is 9.97 Å². The Morgan fingerprint density at radius 1 is 1.12 bits per heavy atom. The van der Waals surface area contributed by atoms with E-state index in [9.17, 15) is 4.79 Å². The van der Waals surface area contributed by atoms with E-state index in [2.05, 4.69) is 64.9 Å². The number of nitrogens with one attached hydrogen (secondary N) is 3. The van der Waals surface area contributed by atoms with Gasteiger partial charge in [-0.3, -0.25) is 4.79 Å². The van der Waals surface area contributed by atoms with Gasteiger partial charge in [-0.2, -0.15) is 9.97 Å². The molecule has 3 aromatic rings. The number of anilines is 4. The van der Waals surface area contributed by atoms with E-state index in [1.807, 2.05) is 30.6 Å². The lowest BCUT2D eigenvalue weighted by atomic mass is 9.91. The van der Waals surface area contributed by atoms with Crippen molar-refractivity contribution in [1.29, 1.82) is 0 Å². The summed E-state index contributed by atoms with van der Waals surface area (Å²) in [5.74, 6) is 1.02. The molecule has 0 aliphatic heterocycles. The molecule has 9 heteroatoms. The van der Waals surface area contributed by atoms with Gasteiger partial charge in [0, 0.05) is 29.5 Å². The Morgan fingerprint density at radius 3 is 2.41 bits per heavy atom. The summed E-state index contributed by atoms with van der Waals surface area (Å²) in [5, 5.41) is 9.71. The Kier molecular flexibility index (Phi) is 7.12. The van der Waals surface area contributed by atoms with Crippen LogP contribution in [0.3, 0.4) is 0 Å². The summed E-state index contributed by atoms with van der Waals surface area (Å²) < 4.78 is 2.06. The summed E-state index contributed by atoms with van der Waals surface area (Å²) in [6.45, 7) is 7.71. The van der Waals surface area contributed by atoms with Crippen molar-refractivity contribution >= 4 is 40.2 Å². The van der Waals surface area contributed by atoms with Gasteiger partial charge in [0.1, 0.15) is 0 Å². The molecule has 0 unspecified atom stereocenters. The number of fused-ring (bicyclic) bond motifs is 1. The third kappa shape index (κ3) is 5.36. The lowest BCUT2D eigenvalue weighted by Crippen LogP contribution is -2.36. The third-order valence-corrected chi connectivity index (χ3v) is 6.34. The summed E-state index contributed by atoms with van der Waals surface area (Å²) >= 11 is 0. The van der Waals surface area contributed by atoms with Crippen molar-refractivity contribution in [3.8, 4) is 0 Å². The average Bonchev–Trinajstić information content (AvgIpc) is 3.25. The molecule has 1 aliphatic carbocycles. The first kappa shape index (κ1) is 23.7. The Morgan fingerprint density at radius 2 is 1.79 bits per heavy atom. The van der Waals surface area contributed by atoms with Gasteiger partial charge >= 0.3 is 0 Å². The van der Waals surface area contributed by atoms with Gasteiger partial charge in [-0.1, -0.05) is 6.58 Å². The molecule has 1 aliphatic rings. The van der Waals surface area contributed by atoms with Crippen molar-refractivity contribution < 1.29 is 4.79 Å². The molecule has 0 spiro atoms. The molecule has 1 aromatic carbocycles. The van der Waals surface area contributed by atoms with E-state index in [-0.39, 0.29) is 11.9 Å². The molecule has 1 amide bonds. The summed E-state index contributed by atoms with van der Waals surface area (Å²) in [6, 6.07) is 8.66. The van der Waals surface area contributed by atoms with Gasteiger partial charge in [-0.15, -0.1) is 0 Å². The average molecular weight is 463 g/mol. The summed E-state index contributed by atoms with van der Waals surface area (Å²) in [7, 11) is 4.31. The first-order valence-electron chi connectivity index (χ1n) is 11.8. The van der Waals surface area contributed by atoms with Crippen LogP contribution in [0.15, 0.2) is 43.2 Å². The van der Waals surface area contributed by atoms with Crippen LogP contribution < -0.4 is 16.0 Å². The fourth-order valence-corrected chi connectivity index (χ4v) is 4.33. The number of rotatable bonds is 8. The molecular formula is C25H34N8O. The number of amides is 1. The largest absolute Gasteiger partial charge is 0.351 e. The number of hydrogen-bond acceptors (Lipinski definition) is 7. The molecule has 0 radical (unpaired) electrons. The highest BCUT2D eigenvalue weighted by Gasteiger charge is 2.24. The monoisotopic (exact) mass is 462 g/mol. The van der Waals surface area contributed by atoms with Gasteiger partial charge in [0.25, 0.3) is 0 Å². The maximum Gasteiger partial charge on any atom is 0.247 e. The van der Waals surface area contributed by atoms with Crippen LogP contribution in [0.5, 0.6) is 0 Å². The van der Waals surface area contributed by atoms with Crippen LogP contribution in [0.25, 0.3) is 11.2 Å². The molecule has 3 N–H and O–H groups in total. The minimum Gasteiger partial charge on any atom is -0.351 e. The second-order valence-electron chi connectivity index (χ2n) is 9.32. The summed E-state index contributed by atoms with van der Waals surface area (Å²) in [4.78, 5) is 28.1. The molecule has 1 fully saturated rings. The highest BCUT2D eigenvalue weighted by Crippen LogP contribution is 2.29. The maximum absolute atomic E-state index is 11.5. The smallest absolute Gasteiger partial charge is 0.247 e. The lowest BCUT2D eigenvalue weighted by Gasteiger charge is -2.33. The van der Waals surface area contributed by atoms with Gasteiger partial charge in [-0.05, 0) is 84.0 Å². The normalized spacial score (nSPS) is 18.3. The molecule has 4 rings (SSSR count). The fourth-order valence-electron chi connectivity index (χ4n) is 4.33. The molecule has 2 heterocycles. The van der Waals surface area contributed by atoms with Gasteiger partial charge in [0.05, 0.1) is 6.33 Å². The second-order valence-corrected chi connectivity index (χ2v) is 9.32. The maximum atomic E-state index is 11.5. The van der Waals surface area contributed by atoms with Crippen molar-refractivity contribution in [3.05, 3.63) is 43.2 Å². The van der Waals surface area contributed by atoms with Crippen LogP contribution in [-0.2, 0) is 4.79 Å². The molecule has 2 aromatic heterocycles. The van der Waals surface area contributed by atoms with E-state index < -0.39 is 0 Å². The van der Waals surface area contributed by atoms with Gasteiger partial charge in [0.2, 0.25) is 11.9 Å². The van der Waals surface area contributed by atoms with E-state index in [1.54, 1.807) is 0 Å². The molecule has 0 bridgehead atoms. The standard InChI is InChI=1S/C25H34N8O/c1-6-21(34)27-17-7-9-18(10-8-17)28-23-22-24(33(15-26-22)16(2)3)31-25(30-23)29-19-11-13-20(14-12-19)32(4)5/h6-10,15-16,19-20H,1,11-14H2,2-5H3,(H,27,34)(H2,28,29,30,31)/t19-,20-. The van der Waals surface area contributed by atoms with E-state index in [0.717, 1.165) is 42.5 Å². The molecule has 34 heavy (non-hydrogen) atoms. The van der Waals surface area contributed by atoms with Gasteiger partial charge in [0.15, 0.2) is 17.0 Å². The van der Waals surface area contributed by atoms with E-state index in [1.165, 1.54) is 6.08 Å². The van der Waals surface area contributed by atoms with E-state index >= 15 is 0 Å². The minimum absolute atomic E-state index is 0.226. The number of imidazole rings is 1. The number of carbonyl (C=O) groups excluding carboxylic acids is 1. The topological polar surface area (TPSA) is 100 Å². The fraction of sp³-hybridized carbons (Fsp3) is 0.440. The second kappa shape index (κ2) is 10.2. The highest BCUT2D eigenvalue weighted by atomic mass is 16.1. The Hall–Kier alpha value is -3.46. The van der Waals surface area contributed by atoms with Crippen LogP contribution in [0, 0.1) is 0 Å². The number of hydrogen-bond donors (Lipinski definition) is 3. The van der Waals surface area contributed by atoms with Crippen molar-refractivity contribution in [3.63, 3.8) is 0 Å². The zero-order valence-electron chi connectivity index (χ0n) is 20.4. The van der Waals surface area contributed by atoms with Crippen LogP contribution in [0.1, 0.15) is 45.6 Å². The van der Waals surface area contributed by atoms with Crippen LogP contribution in [0.2, 0.25) is 0 Å².